The van der Waals surface area contributed by atoms with Gasteiger partial charge in [0, 0.05) is 32.4 Å². The molecule has 1 aromatic heterocycles. The highest BCUT2D eigenvalue weighted by molar-refractivity contribution is 6.31. The van der Waals surface area contributed by atoms with Crippen molar-refractivity contribution < 1.29 is 4.79 Å². The van der Waals surface area contributed by atoms with E-state index in [-0.39, 0.29) is 24.4 Å². The summed E-state index contributed by atoms with van der Waals surface area (Å²) in [4.78, 5) is 14.0. The number of nitrogens with two attached hydrogens (primary N) is 1. The second kappa shape index (κ2) is 5.76. The minimum atomic E-state index is 0. The van der Waals surface area contributed by atoms with Crippen molar-refractivity contribution in [3.63, 3.8) is 0 Å². The Morgan fingerprint density at radius 3 is 2.53 bits per heavy atom. The summed E-state index contributed by atoms with van der Waals surface area (Å²) in [5.74, 6) is 0.0429. The molecule has 1 saturated heterocycles. The minimum absolute atomic E-state index is 0. The average molecular weight is 278 g/mol. The van der Waals surface area contributed by atoms with Gasteiger partial charge in [0.05, 0.1) is 5.02 Å². The second-order valence-corrected chi connectivity index (χ2v) is 4.72. The van der Waals surface area contributed by atoms with Crippen molar-refractivity contribution in [3.8, 4) is 0 Å². The van der Waals surface area contributed by atoms with E-state index in [1.807, 2.05) is 11.9 Å². The Kier molecular flexibility index (Phi) is 4.86. The topological polar surface area (TPSA) is 51.3 Å². The molecular formula is C11H17Cl2N3O. The van der Waals surface area contributed by atoms with Crippen molar-refractivity contribution in [1.29, 1.82) is 0 Å². The molecule has 0 spiro atoms. The Bertz CT molecular complexity index is 397. The zero-order valence-corrected chi connectivity index (χ0v) is 11.3. The first-order valence-electron chi connectivity index (χ1n) is 5.44. The van der Waals surface area contributed by atoms with E-state index in [4.69, 9.17) is 17.3 Å². The molecule has 0 aromatic carbocycles. The summed E-state index contributed by atoms with van der Waals surface area (Å²) in [6.45, 7) is 1.48. The van der Waals surface area contributed by atoms with Crippen molar-refractivity contribution in [2.24, 2.45) is 12.8 Å². The molecule has 1 amide bonds. The van der Waals surface area contributed by atoms with Gasteiger partial charge in [-0.05, 0) is 18.9 Å². The highest BCUT2D eigenvalue weighted by Gasteiger charge is 2.23. The number of halogens is 2. The Hall–Kier alpha value is -0.710. The number of aromatic nitrogens is 1. The van der Waals surface area contributed by atoms with Gasteiger partial charge in [-0.2, -0.15) is 0 Å². The molecule has 0 saturated carbocycles. The van der Waals surface area contributed by atoms with Crippen LogP contribution in [0.2, 0.25) is 5.02 Å². The Balaban J connectivity index is 0.00000144. The van der Waals surface area contributed by atoms with Crippen molar-refractivity contribution in [2.75, 3.05) is 13.1 Å². The summed E-state index contributed by atoms with van der Waals surface area (Å²) in [5, 5.41) is 0.597. The van der Waals surface area contributed by atoms with Crippen molar-refractivity contribution >= 4 is 29.9 Å². The first kappa shape index (κ1) is 14.4. The lowest BCUT2D eigenvalue weighted by Crippen LogP contribution is -2.43. The standard InChI is InChI=1S/C11H16ClN3O.ClH/c1-14-7-8(12)6-10(14)11(16)15-4-2-9(13)3-5-15;/h6-7,9H,2-5,13H2,1H3;1H. The van der Waals surface area contributed by atoms with Gasteiger partial charge in [0.25, 0.3) is 5.91 Å². The number of likely N-dealkylation sites (tertiary alicyclic amines) is 1. The maximum atomic E-state index is 12.1. The van der Waals surface area contributed by atoms with E-state index in [2.05, 4.69) is 0 Å². The normalized spacial score (nSPS) is 16.8. The Morgan fingerprint density at radius 2 is 2.06 bits per heavy atom. The smallest absolute Gasteiger partial charge is 0.270 e. The zero-order valence-electron chi connectivity index (χ0n) is 9.73. The van der Waals surface area contributed by atoms with Crippen LogP contribution in [0, 0.1) is 0 Å². The highest BCUT2D eigenvalue weighted by Crippen LogP contribution is 2.17. The third-order valence-electron chi connectivity index (χ3n) is 3.02. The van der Waals surface area contributed by atoms with E-state index < -0.39 is 0 Å². The SMILES string of the molecule is Cl.Cn1cc(Cl)cc1C(=O)N1CCC(N)CC1. The summed E-state index contributed by atoms with van der Waals surface area (Å²) in [7, 11) is 1.83. The molecule has 4 nitrogen and oxygen atoms in total. The first-order chi connectivity index (χ1) is 7.58. The van der Waals surface area contributed by atoms with Crippen LogP contribution in [-0.2, 0) is 7.05 Å². The van der Waals surface area contributed by atoms with Crippen LogP contribution in [0.4, 0.5) is 0 Å². The average Bonchev–Trinajstić information content (AvgIpc) is 2.58. The number of rotatable bonds is 1. The lowest BCUT2D eigenvalue weighted by atomic mass is 10.1. The van der Waals surface area contributed by atoms with Gasteiger partial charge in [0.1, 0.15) is 5.69 Å². The maximum absolute atomic E-state index is 12.1. The fourth-order valence-corrected chi connectivity index (χ4v) is 2.25. The van der Waals surface area contributed by atoms with Crippen LogP contribution in [0.25, 0.3) is 0 Å². The van der Waals surface area contributed by atoms with Crippen LogP contribution in [0.5, 0.6) is 0 Å². The molecule has 17 heavy (non-hydrogen) atoms. The number of amides is 1. The predicted molar refractivity (Wildman–Crippen MR) is 70.8 cm³/mol. The van der Waals surface area contributed by atoms with Gasteiger partial charge in [-0.1, -0.05) is 11.6 Å². The summed E-state index contributed by atoms with van der Waals surface area (Å²) in [6.07, 6.45) is 3.50. The molecule has 0 atom stereocenters. The monoisotopic (exact) mass is 277 g/mol. The number of carbonyl (C=O) groups is 1. The molecule has 1 aliphatic heterocycles. The number of hydrogen-bond acceptors (Lipinski definition) is 2. The van der Waals surface area contributed by atoms with Gasteiger partial charge in [0.2, 0.25) is 0 Å². The van der Waals surface area contributed by atoms with E-state index in [0.717, 1.165) is 25.9 Å². The van der Waals surface area contributed by atoms with Crippen molar-refractivity contribution in [1.82, 2.24) is 9.47 Å². The molecule has 6 heteroatoms. The molecule has 0 radical (unpaired) electrons. The van der Waals surface area contributed by atoms with Crippen LogP contribution in [0.1, 0.15) is 23.3 Å². The van der Waals surface area contributed by atoms with Gasteiger partial charge in [0.15, 0.2) is 0 Å². The van der Waals surface area contributed by atoms with E-state index in [0.29, 0.717) is 10.7 Å². The Morgan fingerprint density at radius 1 is 1.47 bits per heavy atom. The molecule has 2 N–H and O–H groups in total. The van der Waals surface area contributed by atoms with Crippen LogP contribution < -0.4 is 5.73 Å². The van der Waals surface area contributed by atoms with Crippen molar-refractivity contribution in [2.45, 2.75) is 18.9 Å². The van der Waals surface area contributed by atoms with Gasteiger partial charge in [-0.25, -0.2) is 0 Å². The zero-order chi connectivity index (χ0) is 11.7. The van der Waals surface area contributed by atoms with Gasteiger partial charge in [-0.15, -0.1) is 12.4 Å². The molecule has 1 fully saturated rings. The summed E-state index contributed by atoms with van der Waals surface area (Å²) >= 11 is 5.86. The largest absolute Gasteiger partial charge is 0.345 e. The van der Waals surface area contributed by atoms with Crippen LogP contribution in [-0.4, -0.2) is 34.5 Å². The third-order valence-corrected chi connectivity index (χ3v) is 3.22. The lowest BCUT2D eigenvalue weighted by molar-refractivity contribution is 0.0705. The summed E-state index contributed by atoms with van der Waals surface area (Å²) in [5.41, 5.74) is 6.44. The number of hydrogen-bond donors (Lipinski definition) is 1. The lowest BCUT2D eigenvalue weighted by Gasteiger charge is -2.30. The first-order valence-corrected chi connectivity index (χ1v) is 5.82. The number of carbonyl (C=O) groups excluding carboxylic acids is 1. The molecule has 0 aliphatic carbocycles. The molecule has 0 unspecified atom stereocenters. The predicted octanol–water partition coefficient (Wildman–Crippen LogP) is 1.66. The molecule has 0 bridgehead atoms. The molecule has 1 aliphatic rings. The van der Waals surface area contributed by atoms with E-state index in [1.165, 1.54) is 0 Å². The van der Waals surface area contributed by atoms with Crippen LogP contribution >= 0.6 is 24.0 Å². The minimum Gasteiger partial charge on any atom is -0.345 e. The molecule has 96 valence electrons. The molecule has 2 heterocycles. The summed E-state index contributed by atoms with van der Waals surface area (Å²) in [6, 6.07) is 1.94. The van der Waals surface area contributed by atoms with E-state index in [9.17, 15) is 4.79 Å². The van der Waals surface area contributed by atoms with Gasteiger partial charge in [-0.3, -0.25) is 4.79 Å². The van der Waals surface area contributed by atoms with Crippen LogP contribution in [0.15, 0.2) is 12.3 Å². The fourth-order valence-electron chi connectivity index (χ4n) is 2.00. The van der Waals surface area contributed by atoms with E-state index in [1.54, 1.807) is 16.8 Å². The number of aryl methyl sites for hydroxylation is 1. The number of nitrogens with zero attached hydrogens (tertiary/aromatic N) is 2. The number of piperidine rings is 1. The van der Waals surface area contributed by atoms with E-state index >= 15 is 0 Å². The second-order valence-electron chi connectivity index (χ2n) is 4.28. The quantitative estimate of drug-likeness (QED) is 0.849. The molecule has 2 rings (SSSR count). The Labute approximate surface area is 112 Å². The third kappa shape index (κ3) is 3.15. The van der Waals surface area contributed by atoms with Gasteiger partial charge < -0.3 is 15.2 Å². The molecule has 1 aromatic rings. The highest BCUT2D eigenvalue weighted by atomic mass is 35.5. The van der Waals surface area contributed by atoms with Crippen molar-refractivity contribution in [3.05, 3.63) is 23.0 Å². The maximum Gasteiger partial charge on any atom is 0.270 e. The van der Waals surface area contributed by atoms with Crippen LogP contribution in [0.3, 0.4) is 0 Å². The summed E-state index contributed by atoms with van der Waals surface area (Å²) < 4.78 is 1.76. The van der Waals surface area contributed by atoms with Gasteiger partial charge >= 0.3 is 0 Å². The fraction of sp³-hybridized carbons (Fsp3) is 0.545. The molecular weight excluding hydrogens is 261 g/mol.